The summed E-state index contributed by atoms with van der Waals surface area (Å²) in [6.45, 7) is 6.54. The number of ether oxygens (including phenoxy) is 3. The number of hydrogen-bond donors (Lipinski definition) is 0. The number of allylic oxidation sites excluding steroid dienone is 14. The van der Waals surface area contributed by atoms with E-state index in [1.54, 1.807) is 0 Å². The number of esters is 3. The van der Waals surface area contributed by atoms with Gasteiger partial charge < -0.3 is 14.2 Å². The minimum absolute atomic E-state index is 0.0946. The Labute approximate surface area is 414 Å². The summed E-state index contributed by atoms with van der Waals surface area (Å²) in [6.07, 6.45) is 71.3. The molecule has 0 rings (SSSR count). The summed E-state index contributed by atoms with van der Waals surface area (Å²) in [7, 11) is 0. The molecule has 384 valence electrons. The van der Waals surface area contributed by atoms with Crippen molar-refractivity contribution in [3.05, 3.63) is 85.1 Å². The van der Waals surface area contributed by atoms with Gasteiger partial charge in [-0.15, -0.1) is 0 Å². The van der Waals surface area contributed by atoms with Crippen molar-refractivity contribution in [2.24, 2.45) is 0 Å². The highest BCUT2D eigenvalue weighted by Crippen LogP contribution is 2.15. The Morgan fingerprint density at radius 1 is 0.299 bits per heavy atom. The lowest BCUT2D eigenvalue weighted by molar-refractivity contribution is -0.167. The molecule has 0 aromatic rings. The van der Waals surface area contributed by atoms with Gasteiger partial charge in [-0.2, -0.15) is 0 Å². The van der Waals surface area contributed by atoms with Crippen LogP contribution in [0.25, 0.3) is 0 Å². The summed E-state index contributed by atoms with van der Waals surface area (Å²) in [4.78, 5) is 38.1. The van der Waals surface area contributed by atoms with Crippen molar-refractivity contribution < 1.29 is 28.6 Å². The van der Waals surface area contributed by atoms with Crippen LogP contribution in [-0.4, -0.2) is 37.2 Å². The van der Waals surface area contributed by atoms with Crippen LogP contribution < -0.4 is 0 Å². The summed E-state index contributed by atoms with van der Waals surface area (Å²) in [5.74, 6) is -0.944. The molecule has 0 radical (unpaired) electrons. The summed E-state index contributed by atoms with van der Waals surface area (Å²) in [6, 6.07) is 0. The maximum Gasteiger partial charge on any atom is 0.306 e. The maximum atomic E-state index is 12.8. The van der Waals surface area contributed by atoms with Gasteiger partial charge in [0.25, 0.3) is 0 Å². The first-order valence-corrected chi connectivity index (χ1v) is 28.1. The van der Waals surface area contributed by atoms with Gasteiger partial charge in [-0.3, -0.25) is 14.4 Å². The van der Waals surface area contributed by atoms with Crippen molar-refractivity contribution >= 4 is 17.9 Å². The van der Waals surface area contributed by atoms with E-state index in [2.05, 4.69) is 106 Å². The van der Waals surface area contributed by atoms with E-state index >= 15 is 0 Å². The third-order valence-corrected chi connectivity index (χ3v) is 11.9. The minimum Gasteiger partial charge on any atom is -0.462 e. The van der Waals surface area contributed by atoms with E-state index in [1.165, 1.54) is 116 Å². The molecule has 6 heteroatoms. The van der Waals surface area contributed by atoms with Crippen molar-refractivity contribution in [1.82, 2.24) is 0 Å². The topological polar surface area (TPSA) is 78.9 Å². The fraction of sp³-hybridized carbons (Fsp3) is 0.721. The number of rotatable bonds is 50. The van der Waals surface area contributed by atoms with Crippen LogP contribution in [0.1, 0.15) is 265 Å². The molecule has 0 aliphatic rings. The first-order valence-electron chi connectivity index (χ1n) is 28.1. The van der Waals surface area contributed by atoms with Crippen LogP contribution >= 0.6 is 0 Å². The van der Waals surface area contributed by atoms with E-state index in [1.807, 2.05) is 0 Å². The first kappa shape index (κ1) is 63.6. The van der Waals surface area contributed by atoms with Crippen molar-refractivity contribution in [2.45, 2.75) is 271 Å². The van der Waals surface area contributed by atoms with Gasteiger partial charge in [0.2, 0.25) is 0 Å². The summed E-state index contributed by atoms with van der Waals surface area (Å²) < 4.78 is 16.8. The third-order valence-electron chi connectivity index (χ3n) is 11.9. The van der Waals surface area contributed by atoms with Gasteiger partial charge in [0.05, 0.1) is 0 Å². The van der Waals surface area contributed by atoms with Crippen molar-refractivity contribution in [2.75, 3.05) is 13.2 Å². The SMILES string of the molecule is CCCCC/C=C/C/C=C/C/C=C/C/C=C/CCCCCC(=O)OC[C@@H](COC(=O)CCCCCCCCCCCCCCC)OC(=O)CCCCCC/C=C/C/C=C/C/C=C/CCCCC. The van der Waals surface area contributed by atoms with Gasteiger partial charge in [-0.1, -0.05) is 228 Å². The number of unbranched alkanes of at least 4 members (excludes halogenated alkanes) is 25. The Morgan fingerprint density at radius 3 is 0.881 bits per heavy atom. The Bertz CT molecular complexity index is 1300. The van der Waals surface area contributed by atoms with Crippen LogP contribution in [0.2, 0.25) is 0 Å². The second-order valence-corrected chi connectivity index (χ2v) is 18.5. The second-order valence-electron chi connectivity index (χ2n) is 18.5. The Hall–Kier alpha value is -3.41. The van der Waals surface area contributed by atoms with Crippen molar-refractivity contribution in [3.63, 3.8) is 0 Å². The minimum atomic E-state index is -0.800. The zero-order chi connectivity index (χ0) is 48.6. The summed E-state index contributed by atoms with van der Waals surface area (Å²) in [5.41, 5.74) is 0. The molecule has 0 aromatic carbocycles. The summed E-state index contributed by atoms with van der Waals surface area (Å²) >= 11 is 0. The van der Waals surface area contributed by atoms with Crippen LogP contribution in [0, 0.1) is 0 Å². The molecular formula is C61H104O6. The van der Waals surface area contributed by atoms with E-state index in [0.717, 1.165) is 109 Å². The molecule has 0 aromatic heterocycles. The van der Waals surface area contributed by atoms with E-state index in [9.17, 15) is 14.4 Å². The molecule has 67 heavy (non-hydrogen) atoms. The highest BCUT2D eigenvalue weighted by molar-refractivity contribution is 5.71. The quantitative estimate of drug-likeness (QED) is 0.0262. The third kappa shape index (κ3) is 53.4. The number of carbonyl (C=O) groups is 3. The van der Waals surface area contributed by atoms with E-state index in [-0.39, 0.29) is 31.1 Å². The van der Waals surface area contributed by atoms with Gasteiger partial charge in [0, 0.05) is 19.3 Å². The fourth-order valence-corrected chi connectivity index (χ4v) is 7.61. The molecule has 0 bridgehead atoms. The van der Waals surface area contributed by atoms with Gasteiger partial charge in [-0.05, 0) is 103 Å². The Morgan fingerprint density at radius 2 is 0.537 bits per heavy atom. The van der Waals surface area contributed by atoms with Crippen LogP contribution in [0.15, 0.2) is 85.1 Å². The molecule has 0 heterocycles. The molecule has 0 aliphatic heterocycles. The smallest absolute Gasteiger partial charge is 0.306 e. The average Bonchev–Trinajstić information content (AvgIpc) is 3.33. The molecule has 0 saturated heterocycles. The van der Waals surface area contributed by atoms with E-state index < -0.39 is 6.10 Å². The molecular weight excluding hydrogens is 829 g/mol. The van der Waals surface area contributed by atoms with Gasteiger partial charge in [0.15, 0.2) is 6.10 Å². The molecule has 1 atom stereocenters. The lowest BCUT2D eigenvalue weighted by Crippen LogP contribution is -2.30. The monoisotopic (exact) mass is 933 g/mol. The largest absolute Gasteiger partial charge is 0.462 e. The predicted molar refractivity (Wildman–Crippen MR) is 288 cm³/mol. The molecule has 0 spiro atoms. The molecule has 0 saturated carbocycles. The molecule has 0 N–H and O–H groups in total. The maximum absolute atomic E-state index is 12.8. The van der Waals surface area contributed by atoms with Crippen LogP contribution in [0.3, 0.4) is 0 Å². The lowest BCUT2D eigenvalue weighted by Gasteiger charge is -2.18. The van der Waals surface area contributed by atoms with Gasteiger partial charge in [-0.25, -0.2) is 0 Å². The lowest BCUT2D eigenvalue weighted by atomic mass is 10.0. The normalized spacial score (nSPS) is 12.7. The van der Waals surface area contributed by atoms with Crippen LogP contribution in [0.4, 0.5) is 0 Å². The van der Waals surface area contributed by atoms with Gasteiger partial charge >= 0.3 is 17.9 Å². The van der Waals surface area contributed by atoms with E-state index in [0.29, 0.717) is 19.3 Å². The molecule has 0 aliphatic carbocycles. The van der Waals surface area contributed by atoms with Crippen molar-refractivity contribution in [1.29, 1.82) is 0 Å². The molecule has 0 fully saturated rings. The molecule has 0 amide bonds. The molecule has 0 unspecified atom stereocenters. The molecule has 6 nitrogen and oxygen atoms in total. The fourth-order valence-electron chi connectivity index (χ4n) is 7.61. The highest BCUT2D eigenvalue weighted by Gasteiger charge is 2.19. The Kier molecular flexibility index (Phi) is 52.4. The summed E-state index contributed by atoms with van der Waals surface area (Å²) in [5, 5.41) is 0. The highest BCUT2D eigenvalue weighted by atomic mass is 16.6. The predicted octanol–water partition coefficient (Wildman–Crippen LogP) is 18.8. The van der Waals surface area contributed by atoms with Crippen molar-refractivity contribution in [3.8, 4) is 0 Å². The first-order chi connectivity index (χ1) is 33.0. The Balaban J connectivity index is 4.48. The van der Waals surface area contributed by atoms with Crippen LogP contribution in [0.5, 0.6) is 0 Å². The van der Waals surface area contributed by atoms with Gasteiger partial charge in [0.1, 0.15) is 13.2 Å². The number of carbonyl (C=O) groups excluding carboxylic acids is 3. The second kappa shape index (κ2) is 55.2. The average molecular weight is 933 g/mol. The van der Waals surface area contributed by atoms with Crippen LogP contribution in [-0.2, 0) is 28.6 Å². The van der Waals surface area contributed by atoms with E-state index in [4.69, 9.17) is 14.2 Å². The zero-order valence-corrected chi connectivity index (χ0v) is 43.9. The standard InChI is InChI=1S/C61H104O6/c1-4-7-10-13-16-19-22-25-27-29-30-32-33-36-39-42-45-48-51-54-60(63)66-57-58(56-65-59(62)53-50-47-44-41-38-35-24-21-18-15-12-9-6-3)67-61(64)55-52-49-46-43-40-37-34-31-28-26-23-20-17-14-11-8-5-2/h16-17,19-20,25-28,30,32,34,36-37,39,58H,4-15,18,21-24,29,31,33,35,38,40-57H2,1-3H3/b19-16+,20-17+,27-25+,28-26+,32-30+,37-34+,39-36+/t58-/m1/s1. The zero-order valence-electron chi connectivity index (χ0n) is 43.9. The number of hydrogen-bond acceptors (Lipinski definition) is 6.